The summed E-state index contributed by atoms with van der Waals surface area (Å²) >= 11 is 1.19. The van der Waals surface area contributed by atoms with E-state index in [-0.39, 0.29) is 16.5 Å². The fraction of sp³-hybridized carbons (Fsp3) is 0.333. The highest BCUT2D eigenvalue weighted by Crippen LogP contribution is 2.44. The van der Waals surface area contributed by atoms with Gasteiger partial charge in [0.25, 0.3) is 5.78 Å². The van der Waals surface area contributed by atoms with Crippen LogP contribution in [-0.2, 0) is 9.59 Å². The number of amides is 1. The summed E-state index contributed by atoms with van der Waals surface area (Å²) in [6, 6.07) is 11.0. The average Bonchev–Trinajstić information content (AvgIpc) is 3.44. The van der Waals surface area contributed by atoms with Gasteiger partial charge in [0.1, 0.15) is 16.5 Å². The molecule has 2 aromatic carbocycles. The molecular formula is C27H29N3O6S. The third kappa shape index (κ3) is 5.29. The van der Waals surface area contributed by atoms with Crippen molar-refractivity contribution in [3.8, 4) is 17.2 Å². The van der Waals surface area contributed by atoms with E-state index >= 15 is 0 Å². The molecule has 3 aromatic rings. The van der Waals surface area contributed by atoms with Crippen molar-refractivity contribution in [3.05, 3.63) is 64.2 Å². The second-order valence-corrected chi connectivity index (χ2v) is 9.38. The van der Waals surface area contributed by atoms with Gasteiger partial charge in [-0.15, -0.1) is 10.2 Å². The number of aryl methyl sites for hydroxylation is 1. The number of Topliss-reactive ketones (excluding diaryl/α,β-unsaturated/α-hetero) is 1. The molecule has 1 N–H and O–H groups in total. The summed E-state index contributed by atoms with van der Waals surface area (Å²) in [5.74, 6) is -0.239. The molecule has 0 bridgehead atoms. The molecule has 37 heavy (non-hydrogen) atoms. The number of hydrogen-bond acceptors (Lipinski definition) is 9. The first-order chi connectivity index (χ1) is 17.9. The summed E-state index contributed by atoms with van der Waals surface area (Å²) in [6.07, 6.45) is 0.863. The van der Waals surface area contributed by atoms with Crippen LogP contribution in [0.4, 0.5) is 5.13 Å². The third-order valence-corrected chi connectivity index (χ3v) is 6.49. The third-order valence-electron chi connectivity index (χ3n) is 5.65. The highest BCUT2D eigenvalue weighted by Gasteiger charge is 2.48. The first-order valence-corrected chi connectivity index (χ1v) is 12.9. The minimum absolute atomic E-state index is 0.0494. The molecule has 10 heteroatoms. The topological polar surface area (TPSA) is 111 Å². The molecule has 9 nitrogen and oxygen atoms in total. The maximum absolute atomic E-state index is 13.3. The Labute approximate surface area is 219 Å². The number of benzene rings is 2. The molecule has 1 aliphatic rings. The molecule has 1 unspecified atom stereocenters. The van der Waals surface area contributed by atoms with E-state index in [1.807, 2.05) is 20.8 Å². The Bertz CT molecular complexity index is 1320. The minimum atomic E-state index is -0.946. The van der Waals surface area contributed by atoms with Crippen LogP contribution in [0.1, 0.15) is 49.4 Å². The lowest BCUT2D eigenvalue weighted by atomic mass is 9.95. The Morgan fingerprint density at radius 2 is 1.68 bits per heavy atom. The van der Waals surface area contributed by atoms with Crippen molar-refractivity contribution in [2.45, 2.75) is 40.2 Å². The Morgan fingerprint density at radius 1 is 0.973 bits per heavy atom. The maximum atomic E-state index is 13.3. The van der Waals surface area contributed by atoms with Crippen molar-refractivity contribution in [1.29, 1.82) is 0 Å². The first-order valence-electron chi connectivity index (χ1n) is 12.1. The van der Waals surface area contributed by atoms with Gasteiger partial charge in [-0.25, -0.2) is 0 Å². The maximum Gasteiger partial charge on any atom is 0.301 e. The number of rotatable bonds is 10. The van der Waals surface area contributed by atoms with Crippen molar-refractivity contribution >= 4 is 33.9 Å². The van der Waals surface area contributed by atoms with Crippen LogP contribution >= 0.6 is 11.3 Å². The molecule has 0 radical (unpaired) electrons. The quantitative estimate of drug-likeness (QED) is 0.223. The Hall–Kier alpha value is -3.92. The molecule has 0 spiro atoms. The van der Waals surface area contributed by atoms with Crippen LogP contribution in [0, 0.1) is 6.92 Å². The lowest BCUT2D eigenvalue weighted by Crippen LogP contribution is -2.29. The van der Waals surface area contributed by atoms with Gasteiger partial charge in [0.2, 0.25) is 5.13 Å². The van der Waals surface area contributed by atoms with E-state index in [0.29, 0.717) is 53.2 Å². The van der Waals surface area contributed by atoms with Gasteiger partial charge in [0, 0.05) is 5.56 Å². The zero-order valence-corrected chi connectivity index (χ0v) is 22.0. The van der Waals surface area contributed by atoms with Gasteiger partial charge in [-0.1, -0.05) is 24.3 Å². The number of carbonyl (C=O) groups excluding carboxylic acids is 2. The summed E-state index contributed by atoms with van der Waals surface area (Å²) in [5.41, 5.74) is 0.895. The van der Waals surface area contributed by atoms with Crippen molar-refractivity contribution in [2.75, 3.05) is 24.7 Å². The van der Waals surface area contributed by atoms with Crippen molar-refractivity contribution < 1.29 is 28.9 Å². The van der Waals surface area contributed by atoms with E-state index in [9.17, 15) is 14.7 Å². The highest BCUT2D eigenvalue weighted by atomic mass is 32.1. The zero-order valence-electron chi connectivity index (χ0n) is 21.2. The number of hydrogen-bond donors (Lipinski definition) is 1. The molecule has 1 aliphatic heterocycles. The van der Waals surface area contributed by atoms with Crippen LogP contribution in [0.2, 0.25) is 0 Å². The normalized spacial score (nSPS) is 16.8. The number of aliphatic hydroxyl groups is 1. The lowest BCUT2D eigenvalue weighted by Gasteiger charge is -2.23. The Morgan fingerprint density at radius 3 is 2.30 bits per heavy atom. The number of ether oxygens (including phenoxy) is 3. The average molecular weight is 524 g/mol. The number of aromatic nitrogens is 2. The van der Waals surface area contributed by atoms with E-state index in [1.54, 1.807) is 49.4 Å². The van der Waals surface area contributed by atoms with Gasteiger partial charge in [-0.2, -0.15) is 0 Å². The molecule has 1 amide bonds. The summed E-state index contributed by atoms with van der Waals surface area (Å²) in [5, 5.41) is 20.4. The summed E-state index contributed by atoms with van der Waals surface area (Å²) in [6.45, 7) is 8.90. The van der Waals surface area contributed by atoms with E-state index in [2.05, 4.69) is 10.2 Å². The standard InChI is InChI=1S/C27H29N3O6S/c1-5-14-36-19-11-8-17(9-12-19)24(31)22-23(18-10-13-20(34-6-2)21(15-18)35-7-3)30(26(33)25(22)32)27-29-28-16(4)37-27/h8-13,15,23,31H,5-7,14H2,1-4H3/b24-22+. The van der Waals surface area contributed by atoms with E-state index < -0.39 is 17.7 Å². The Kier molecular flexibility index (Phi) is 8.08. The minimum Gasteiger partial charge on any atom is -0.507 e. The SMILES string of the molecule is CCCOc1ccc(/C(O)=C2\C(=O)C(=O)N(c3nnc(C)s3)C2c2ccc(OCC)c(OCC)c2)cc1. The van der Waals surface area contributed by atoms with Crippen molar-refractivity contribution in [3.63, 3.8) is 0 Å². The van der Waals surface area contributed by atoms with Crippen LogP contribution in [0.15, 0.2) is 48.0 Å². The van der Waals surface area contributed by atoms with Gasteiger partial charge in [0.15, 0.2) is 11.5 Å². The van der Waals surface area contributed by atoms with Crippen molar-refractivity contribution in [1.82, 2.24) is 10.2 Å². The second kappa shape index (κ2) is 11.4. The number of carbonyl (C=O) groups is 2. The summed E-state index contributed by atoms with van der Waals surface area (Å²) < 4.78 is 17.1. The second-order valence-electron chi connectivity index (χ2n) is 8.22. The molecule has 0 saturated carbocycles. The van der Waals surface area contributed by atoms with Gasteiger partial charge < -0.3 is 19.3 Å². The molecule has 1 saturated heterocycles. The molecular weight excluding hydrogens is 494 g/mol. The summed E-state index contributed by atoms with van der Waals surface area (Å²) in [4.78, 5) is 27.9. The predicted molar refractivity (Wildman–Crippen MR) is 140 cm³/mol. The number of nitrogens with zero attached hydrogens (tertiary/aromatic N) is 3. The lowest BCUT2D eigenvalue weighted by molar-refractivity contribution is -0.132. The molecule has 0 aliphatic carbocycles. The van der Waals surface area contributed by atoms with Gasteiger partial charge in [0.05, 0.1) is 31.4 Å². The fourth-order valence-electron chi connectivity index (χ4n) is 4.05. The van der Waals surface area contributed by atoms with E-state index in [4.69, 9.17) is 14.2 Å². The monoisotopic (exact) mass is 523 g/mol. The zero-order chi connectivity index (χ0) is 26.5. The van der Waals surface area contributed by atoms with Crippen LogP contribution < -0.4 is 19.1 Å². The molecule has 194 valence electrons. The Balaban J connectivity index is 1.86. The molecule has 1 aromatic heterocycles. The smallest absolute Gasteiger partial charge is 0.301 e. The molecule has 4 rings (SSSR count). The van der Waals surface area contributed by atoms with E-state index in [0.717, 1.165) is 6.42 Å². The van der Waals surface area contributed by atoms with Gasteiger partial charge in [-0.3, -0.25) is 14.5 Å². The highest BCUT2D eigenvalue weighted by molar-refractivity contribution is 7.15. The van der Waals surface area contributed by atoms with Gasteiger partial charge in [-0.05, 0) is 69.2 Å². The number of aliphatic hydroxyl groups excluding tert-OH is 1. The molecule has 1 fully saturated rings. The predicted octanol–water partition coefficient (Wildman–Crippen LogP) is 5.06. The van der Waals surface area contributed by atoms with Crippen LogP contribution in [0.3, 0.4) is 0 Å². The van der Waals surface area contributed by atoms with Crippen molar-refractivity contribution in [2.24, 2.45) is 0 Å². The largest absolute Gasteiger partial charge is 0.507 e. The molecule has 1 atom stereocenters. The number of ketones is 1. The fourth-order valence-corrected chi connectivity index (χ4v) is 4.77. The number of anilines is 1. The summed E-state index contributed by atoms with van der Waals surface area (Å²) in [7, 11) is 0. The first kappa shape index (κ1) is 26.2. The molecule has 2 heterocycles. The van der Waals surface area contributed by atoms with Gasteiger partial charge >= 0.3 is 5.91 Å². The van der Waals surface area contributed by atoms with Crippen LogP contribution in [0.5, 0.6) is 17.2 Å². The van der Waals surface area contributed by atoms with Crippen LogP contribution in [0.25, 0.3) is 5.76 Å². The van der Waals surface area contributed by atoms with E-state index in [1.165, 1.54) is 16.2 Å². The van der Waals surface area contributed by atoms with Crippen LogP contribution in [-0.4, -0.2) is 46.8 Å².